The number of nitrogens with zero attached hydrogens (tertiary/aromatic N) is 3. The molecule has 12 heteroatoms. The summed E-state index contributed by atoms with van der Waals surface area (Å²) in [7, 11) is -2.42. The third-order valence-corrected chi connectivity index (χ3v) is 8.77. The summed E-state index contributed by atoms with van der Waals surface area (Å²) in [5.74, 6) is -1.82. The number of carboxylic acids is 1. The maximum absolute atomic E-state index is 12.6. The van der Waals surface area contributed by atoms with Crippen molar-refractivity contribution < 1.29 is 52.7 Å². The van der Waals surface area contributed by atoms with Gasteiger partial charge in [0.15, 0.2) is 0 Å². The van der Waals surface area contributed by atoms with Gasteiger partial charge < -0.3 is 14.8 Å². The molecule has 1 amide bonds. The Balaban J connectivity index is 0.00000280. The zero-order valence-electron chi connectivity index (χ0n) is 16.1. The molecule has 2 fully saturated rings. The number of aryl methyl sites for hydroxylation is 1. The Hall–Kier alpha value is -0.560. The van der Waals surface area contributed by atoms with Crippen molar-refractivity contribution in [2.24, 2.45) is 4.40 Å². The summed E-state index contributed by atoms with van der Waals surface area (Å²) in [6.45, 7) is 5.31. The third kappa shape index (κ3) is 4.03. The number of sulfonamides is 1. The first-order valence-electron chi connectivity index (χ1n) is 7.99. The van der Waals surface area contributed by atoms with Gasteiger partial charge in [-0.1, -0.05) is 17.7 Å². The fourth-order valence-corrected chi connectivity index (χ4v) is 6.39. The number of carbonyl (C=O) groups is 2. The van der Waals surface area contributed by atoms with Crippen molar-refractivity contribution in [3.8, 4) is 0 Å². The molecule has 3 rings (SSSR count). The second-order valence-electron chi connectivity index (χ2n) is 6.79. The van der Waals surface area contributed by atoms with E-state index in [9.17, 15) is 23.1 Å². The Morgan fingerprint density at radius 2 is 1.89 bits per heavy atom. The molecule has 0 saturated carbocycles. The molecule has 0 unspecified atom stereocenters. The molecule has 0 aromatic heterocycles. The van der Waals surface area contributed by atoms with Crippen LogP contribution < -0.4 is 34.7 Å². The van der Waals surface area contributed by atoms with E-state index in [4.69, 9.17) is 0 Å². The zero-order chi connectivity index (χ0) is 20.1. The van der Waals surface area contributed by atoms with Crippen LogP contribution in [0.1, 0.15) is 19.4 Å². The van der Waals surface area contributed by atoms with Crippen LogP contribution in [0.3, 0.4) is 0 Å². The molecule has 0 spiro atoms. The van der Waals surface area contributed by atoms with Crippen molar-refractivity contribution >= 4 is 51.5 Å². The number of amides is 1. The Morgan fingerprint density at radius 1 is 1.32 bits per heavy atom. The Kier molecular flexibility index (Phi) is 7.02. The minimum atomic E-state index is -3.77. The van der Waals surface area contributed by atoms with Crippen LogP contribution in [-0.4, -0.2) is 57.8 Å². The molecule has 2 saturated heterocycles. The number of fused-ring (bicyclic) bond motifs is 1. The van der Waals surface area contributed by atoms with Crippen LogP contribution in [0.4, 0.5) is 0 Å². The molecule has 0 bridgehead atoms. The van der Waals surface area contributed by atoms with Crippen molar-refractivity contribution in [3.63, 3.8) is 0 Å². The minimum Gasteiger partial charge on any atom is -0.548 e. The van der Waals surface area contributed by atoms with Gasteiger partial charge in [0, 0.05) is 11.8 Å². The van der Waals surface area contributed by atoms with Crippen LogP contribution in [0.5, 0.6) is 0 Å². The number of thioether (sulfide) groups is 1. The number of hydrogen-bond donors (Lipinski definition) is 0. The molecule has 0 N–H and O–H groups in total. The van der Waals surface area contributed by atoms with Gasteiger partial charge in [0.2, 0.25) is 0 Å². The number of carboxylic acid groups (broad SMARTS) is 1. The van der Waals surface area contributed by atoms with E-state index in [1.165, 1.54) is 35.8 Å². The third-order valence-electron chi connectivity index (χ3n) is 4.43. The molecule has 1 aromatic rings. The molecular formula is C16H18N3NaO5S3. The minimum absolute atomic E-state index is 0. The summed E-state index contributed by atoms with van der Waals surface area (Å²) in [6, 6.07) is 5.36. The first-order chi connectivity index (χ1) is 12.5. The van der Waals surface area contributed by atoms with E-state index in [1.54, 1.807) is 26.0 Å². The summed E-state index contributed by atoms with van der Waals surface area (Å²) in [5.41, 5.74) is 1.08. The van der Waals surface area contributed by atoms with E-state index in [0.717, 1.165) is 9.27 Å². The molecule has 0 aliphatic carbocycles. The maximum atomic E-state index is 12.6. The Bertz CT molecular complexity index is 933. The van der Waals surface area contributed by atoms with Gasteiger partial charge in [-0.05, 0) is 32.9 Å². The van der Waals surface area contributed by atoms with Crippen LogP contribution in [0.15, 0.2) is 33.6 Å². The van der Waals surface area contributed by atoms with Gasteiger partial charge in [-0.3, -0.25) is 4.79 Å². The van der Waals surface area contributed by atoms with Gasteiger partial charge in [-0.15, -0.1) is 15.5 Å². The van der Waals surface area contributed by atoms with Crippen LogP contribution in [0.25, 0.3) is 0 Å². The summed E-state index contributed by atoms with van der Waals surface area (Å²) < 4.78 is 29.5. The number of benzene rings is 1. The summed E-state index contributed by atoms with van der Waals surface area (Å²) in [4.78, 5) is 25.1. The van der Waals surface area contributed by atoms with Crippen LogP contribution in [-0.2, 0) is 19.6 Å². The van der Waals surface area contributed by atoms with Gasteiger partial charge in [0.1, 0.15) is 11.1 Å². The second-order valence-corrected chi connectivity index (χ2v) is 11.6. The van der Waals surface area contributed by atoms with E-state index in [2.05, 4.69) is 4.40 Å². The van der Waals surface area contributed by atoms with Gasteiger partial charge in [-0.2, -0.15) is 4.40 Å². The standard InChI is InChI=1S/C16H19N3O5S3.Na/c1-9-5-7-10(8-6-9)27(23,24)18(4)26-17-11-13(20)19-12(15(21)22)16(2,3)25-14(11)19;/h5-8,12,14H,1-4H3,(H,21,22);/q;+1/p-1/b17-11+;/t12-,14+;/m0./s1. The summed E-state index contributed by atoms with van der Waals surface area (Å²) in [6.07, 6.45) is 0. The average molecular weight is 452 g/mol. The van der Waals surface area contributed by atoms with Crippen molar-refractivity contribution in [2.45, 2.75) is 41.8 Å². The smallest absolute Gasteiger partial charge is 0.548 e. The van der Waals surface area contributed by atoms with E-state index in [1.807, 2.05) is 6.92 Å². The fraction of sp³-hybridized carbons (Fsp3) is 0.438. The number of hydrogen-bond acceptors (Lipinski definition) is 8. The van der Waals surface area contributed by atoms with Gasteiger partial charge in [-0.25, -0.2) is 8.42 Å². The molecule has 2 aliphatic rings. The number of carbonyl (C=O) groups excluding carboxylic acids is 2. The topological polar surface area (TPSA) is 110 Å². The summed E-state index contributed by atoms with van der Waals surface area (Å²) in [5, 5.41) is 10.9. The summed E-state index contributed by atoms with van der Waals surface area (Å²) >= 11 is 1.93. The molecule has 0 radical (unpaired) electrons. The molecular weight excluding hydrogens is 433 g/mol. The largest absolute Gasteiger partial charge is 1.00 e. The first kappa shape index (κ1) is 23.7. The van der Waals surface area contributed by atoms with Crippen molar-refractivity contribution in [3.05, 3.63) is 29.8 Å². The van der Waals surface area contributed by atoms with E-state index in [-0.39, 0.29) is 40.2 Å². The van der Waals surface area contributed by atoms with E-state index < -0.39 is 38.1 Å². The monoisotopic (exact) mass is 451 g/mol. The van der Waals surface area contributed by atoms with Crippen LogP contribution in [0, 0.1) is 6.92 Å². The predicted molar refractivity (Wildman–Crippen MR) is 102 cm³/mol. The molecule has 2 atom stereocenters. The maximum Gasteiger partial charge on any atom is 1.00 e. The molecule has 8 nitrogen and oxygen atoms in total. The van der Waals surface area contributed by atoms with Crippen molar-refractivity contribution in [2.75, 3.05) is 7.05 Å². The fourth-order valence-electron chi connectivity index (χ4n) is 2.95. The quantitative estimate of drug-likeness (QED) is 0.275. The molecule has 1 aromatic carbocycles. The normalized spacial score (nSPS) is 24.7. The van der Waals surface area contributed by atoms with Crippen LogP contribution >= 0.6 is 23.9 Å². The Labute approximate surface area is 194 Å². The molecule has 146 valence electrons. The van der Waals surface area contributed by atoms with Crippen LogP contribution in [0.2, 0.25) is 0 Å². The van der Waals surface area contributed by atoms with Crippen molar-refractivity contribution in [1.29, 1.82) is 0 Å². The van der Waals surface area contributed by atoms with Crippen molar-refractivity contribution in [1.82, 2.24) is 8.61 Å². The SMILES string of the molecule is Cc1ccc(S(=O)(=O)N(C)S/N=C2\C(=O)N3[C@@H]2SC(C)(C)[C@@H]3C(=O)[O-])cc1.[Na+]. The first-order valence-corrected chi connectivity index (χ1v) is 11.0. The second kappa shape index (κ2) is 8.29. The Morgan fingerprint density at radius 3 is 2.43 bits per heavy atom. The number of aliphatic carboxylic acids is 1. The number of β-lactam (4-membered cyclic amide) rings is 1. The van der Waals surface area contributed by atoms with E-state index in [0.29, 0.717) is 12.1 Å². The van der Waals surface area contributed by atoms with E-state index >= 15 is 0 Å². The average Bonchev–Trinajstić information content (AvgIpc) is 2.83. The number of rotatable bonds is 5. The predicted octanol–water partition coefficient (Wildman–Crippen LogP) is -2.56. The molecule has 28 heavy (non-hydrogen) atoms. The zero-order valence-corrected chi connectivity index (χ0v) is 20.5. The molecule has 2 aliphatic heterocycles. The van der Waals surface area contributed by atoms with Gasteiger partial charge in [0.25, 0.3) is 15.9 Å². The molecule has 2 heterocycles. The van der Waals surface area contributed by atoms with Gasteiger partial charge in [0.05, 0.1) is 29.0 Å². The van der Waals surface area contributed by atoms with Gasteiger partial charge >= 0.3 is 29.6 Å².